The van der Waals surface area contributed by atoms with Crippen LogP contribution < -0.4 is 5.73 Å². The molecule has 0 unspecified atom stereocenters. The van der Waals surface area contributed by atoms with E-state index in [2.05, 4.69) is 25.4 Å². The van der Waals surface area contributed by atoms with Crippen LogP contribution in [0, 0.1) is 5.41 Å². The summed E-state index contributed by atoms with van der Waals surface area (Å²) in [4.78, 5) is 3.92. The smallest absolute Gasteiger partial charge is 0.126 e. The minimum atomic E-state index is -0.0220. The Morgan fingerprint density at radius 2 is 2.20 bits per heavy atom. The molecule has 0 atom stereocenters. The topological polar surface area (TPSA) is 38.4 Å². The Bertz CT molecular complexity index is 221. The van der Waals surface area contributed by atoms with Gasteiger partial charge < -0.3 is 5.73 Å². The zero-order valence-corrected chi connectivity index (χ0v) is 6.39. The second-order valence-corrected chi connectivity index (χ2v) is 3.03. The third kappa shape index (κ3) is 0.967. The first-order chi connectivity index (χ1) is 4.54. The van der Waals surface area contributed by atoms with Crippen LogP contribution in [0.4, 0.5) is 0 Å². The van der Waals surface area contributed by atoms with Crippen molar-refractivity contribution in [2.45, 2.75) is 13.8 Å². The minimum Gasteiger partial charge on any atom is -0.383 e. The van der Waals surface area contributed by atoms with E-state index < -0.39 is 0 Å². The molecule has 0 spiro atoms. The fourth-order valence-corrected chi connectivity index (χ4v) is 0.813. The Balaban J connectivity index is 3.01. The number of hydrogen-bond acceptors (Lipinski definition) is 2. The second kappa shape index (κ2) is 1.97. The summed E-state index contributed by atoms with van der Waals surface area (Å²) in [6, 6.07) is 0. The first-order valence-corrected chi connectivity index (χ1v) is 3.25. The molecule has 2 heteroatoms. The molecule has 0 bridgehead atoms. The van der Waals surface area contributed by atoms with Crippen LogP contribution in [-0.2, 0) is 0 Å². The van der Waals surface area contributed by atoms with Crippen molar-refractivity contribution in [3.63, 3.8) is 0 Å². The van der Waals surface area contributed by atoms with Crippen molar-refractivity contribution in [2.75, 3.05) is 0 Å². The normalized spacial score (nSPS) is 22.6. The number of hydrogen-bond donors (Lipinski definition) is 1. The van der Waals surface area contributed by atoms with Crippen molar-refractivity contribution in [1.82, 2.24) is 0 Å². The van der Waals surface area contributed by atoms with E-state index in [0.717, 1.165) is 5.57 Å². The van der Waals surface area contributed by atoms with Gasteiger partial charge in [-0.15, -0.1) is 0 Å². The van der Waals surface area contributed by atoms with E-state index in [1.165, 1.54) is 0 Å². The molecule has 10 heavy (non-hydrogen) atoms. The largest absolute Gasteiger partial charge is 0.383 e. The molecule has 2 nitrogen and oxygen atoms in total. The van der Waals surface area contributed by atoms with Gasteiger partial charge in [-0.05, 0) is 5.57 Å². The van der Waals surface area contributed by atoms with Gasteiger partial charge in [0.25, 0.3) is 0 Å². The SMILES string of the molecule is C=C1C(N)=NC=CC1(C)C. The molecule has 1 heterocycles. The molecule has 1 rings (SSSR count). The van der Waals surface area contributed by atoms with Crippen molar-refractivity contribution >= 4 is 5.84 Å². The van der Waals surface area contributed by atoms with Gasteiger partial charge in [-0.25, -0.2) is 4.99 Å². The van der Waals surface area contributed by atoms with Crippen LogP contribution in [0.3, 0.4) is 0 Å². The molecule has 0 radical (unpaired) electrons. The van der Waals surface area contributed by atoms with Crippen molar-refractivity contribution in [2.24, 2.45) is 16.1 Å². The summed E-state index contributed by atoms with van der Waals surface area (Å²) in [6.45, 7) is 7.97. The molecule has 0 aromatic carbocycles. The van der Waals surface area contributed by atoms with Gasteiger partial charge in [0, 0.05) is 11.6 Å². The van der Waals surface area contributed by atoms with Crippen LogP contribution in [0.15, 0.2) is 29.4 Å². The fraction of sp³-hybridized carbons (Fsp3) is 0.375. The Hall–Kier alpha value is -1.05. The molecule has 1 aliphatic rings. The maximum Gasteiger partial charge on any atom is 0.126 e. The van der Waals surface area contributed by atoms with E-state index in [1.54, 1.807) is 6.20 Å². The first kappa shape index (κ1) is 7.06. The summed E-state index contributed by atoms with van der Waals surface area (Å²) in [7, 11) is 0. The van der Waals surface area contributed by atoms with Crippen LogP contribution in [0.2, 0.25) is 0 Å². The maximum absolute atomic E-state index is 5.55. The van der Waals surface area contributed by atoms with E-state index >= 15 is 0 Å². The Morgan fingerprint density at radius 1 is 1.60 bits per heavy atom. The first-order valence-electron chi connectivity index (χ1n) is 3.25. The van der Waals surface area contributed by atoms with Gasteiger partial charge in [-0.2, -0.15) is 0 Å². The lowest BCUT2D eigenvalue weighted by molar-refractivity contribution is 0.598. The maximum atomic E-state index is 5.55. The van der Waals surface area contributed by atoms with Crippen LogP contribution in [0.1, 0.15) is 13.8 Å². The van der Waals surface area contributed by atoms with Crippen molar-refractivity contribution in [1.29, 1.82) is 0 Å². The lowest BCUT2D eigenvalue weighted by Gasteiger charge is -2.24. The molecular weight excluding hydrogens is 124 g/mol. The van der Waals surface area contributed by atoms with Crippen LogP contribution in [-0.4, -0.2) is 5.84 Å². The molecule has 2 N–H and O–H groups in total. The van der Waals surface area contributed by atoms with Gasteiger partial charge in [-0.1, -0.05) is 26.5 Å². The minimum absolute atomic E-state index is 0.0220. The highest BCUT2D eigenvalue weighted by atomic mass is 14.9. The van der Waals surface area contributed by atoms with E-state index in [1.807, 2.05) is 6.08 Å². The van der Waals surface area contributed by atoms with Crippen molar-refractivity contribution in [3.8, 4) is 0 Å². The molecule has 0 amide bonds. The zero-order valence-electron chi connectivity index (χ0n) is 6.39. The Kier molecular flexibility index (Phi) is 1.39. The molecular formula is C8H12N2. The van der Waals surface area contributed by atoms with Gasteiger partial charge in [0.05, 0.1) is 0 Å². The van der Waals surface area contributed by atoms with Crippen molar-refractivity contribution in [3.05, 3.63) is 24.4 Å². The number of aliphatic imine (C=N–C) groups is 1. The van der Waals surface area contributed by atoms with Gasteiger partial charge >= 0.3 is 0 Å². The lowest BCUT2D eigenvalue weighted by Crippen LogP contribution is -2.26. The highest BCUT2D eigenvalue weighted by Crippen LogP contribution is 2.28. The third-order valence-corrected chi connectivity index (χ3v) is 1.79. The quantitative estimate of drug-likeness (QED) is 0.538. The van der Waals surface area contributed by atoms with Gasteiger partial charge in [0.15, 0.2) is 0 Å². The van der Waals surface area contributed by atoms with Crippen LogP contribution >= 0.6 is 0 Å². The average Bonchev–Trinajstić information content (AvgIpc) is 1.83. The molecule has 0 aromatic rings. The summed E-state index contributed by atoms with van der Waals surface area (Å²) in [5.41, 5.74) is 6.43. The molecule has 0 fully saturated rings. The predicted octanol–water partition coefficient (Wildman–Crippen LogP) is 1.45. The van der Waals surface area contributed by atoms with E-state index in [4.69, 9.17) is 5.73 Å². The highest BCUT2D eigenvalue weighted by Gasteiger charge is 2.22. The standard InChI is InChI=1S/C8H12N2/c1-6-7(9)10-5-4-8(6,2)3/h4-5H,1H2,2-3H3,(H2,9,10). The van der Waals surface area contributed by atoms with Crippen molar-refractivity contribution < 1.29 is 0 Å². The summed E-state index contributed by atoms with van der Waals surface area (Å²) in [5, 5.41) is 0. The number of nitrogens with two attached hydrogens (primary N) is 1. The Morgan fingerprint density at radius 3 is 2.60 bits per heavy atom. The van der Waals surface area contributed by atoms with Gasteiger partial charge in [0.1, 0.15) is 5.84 Å². The highest BCUT2D eigenvalue weighted by molar-refractivity contribution is 5.99. The van der Waals surface area contributed by atoms with Gasteiger partial charge in [0.2, 0.25) is 0 Å². The lowest BCUT2D eigenvalue weighted by atomic mass is 9.83. The van der Waals surface area contributed by atoms with E-state index in [9.17, 15) is 0 Å². The number of nitrogens with zero attached hydrogens (tertiary/aromatic N) is 1. The third-order valence-electron chi connectivity index (χ3n) is 1.79. The average molecular weight is 136 g/mol. The van der Waals surface area contributed by atoms with E-state index in [-0.39, 0.29) is 5.41 Å². The molecule has 0 aromatic heterocycles. The summed E-state index contributed by atoms with van der Waals surface area (Å²) < 4.78 is 0. The second-order valence-electron chi connectivity index (χ2n) is 3.03. The number of amidine groups is 1. The van der Waals surface area contributed by atoms with E-state index in [0.29, 0.717) is 5.84 Å². The summed E-state index contributed by atoms with van der Waals surface area (Å²) in [5.74, 6) is 0.549. The molecule has 1 aliphatic heterocycles. The Labute approximate surface area is 61.1 Å². The monoisotopic (exact) mass is 136 g/mol. The summed E-state index contributed by atoms with van der Waals surface area (Å²) >= 11 is 0. The summed E-state index contributed by atoms with van der Waals surface area (Å²) in [6.07, 6.45) is 3.72. The molecule has 0 saturated heterocycles. The zero-order chi connectivity index (χ0) is 7.78. The predicted molar refractivity (Wildman–Crippen MR) is 43.7 cm³/mol. The molecule has 0 aliphatic carbocycles. The molecule has 0 saturated carbocycles. The molecule has 54 valence electrons. The number of rotatable bonds is 0. The van der Waals surface area contributed by atoms with Crippen LogP contribution in [0.25, 0.3) is 0 Å². The number of allylic oxidation sites excluding steroid dienone is 1. The van der Waals surface area contributed by atoms with Gasteiger partial charge in [-0.3, -0.25) is 0 Å². The fourth-order valence-electron chi connectivity index (χ4n) is 0.813. The van der Waals surface area contributed by atoms with Crippen LogP contribution in [0.5, 0.6) is 0 Å².